The Kier molecular flexibility index (Phi) is 5.62. The van der Waals surface area contributed by atoms with Crippen molar-refractivity contribution in [2.24, 2.45) is 5.92 Å². The second-order valence-electron chi connectivity index (χ2n) is 6.22. The van der Waals surface area contributed by atoms with Crippen LogP contribution < -0.4 is 5.32 Å². The number of benzene rings is 1. The summed E-state index contributed by atoms with van der Waals surface area (Å²) in [7, 11) is 0. The van der Waals surface area contributed by atoms with Gasteiger partial charge in [-0.1, -0.05) is 32.0 Å². The lowest BCUT2D eigenvalue weighted by Crippen LogP contribution is -2.44. The van der Waals surface area contributed by atoms with Gasteiger partial charge in [-0.2, -0.15) is 13.2 Å². The highest BCUT2D eigenvalue weighted by atomic mass is 19.4. The zero-order valence-electron chi connectivity index (χ0n) is 13.2. The molecule has 0 aliphatic carbocycles. The highest BCUT2D eigenvalue weighted by molar-refractivity contribution is 5.87. The van der Waals surface area contributed by atoms with Gasteiger partial charge in [0.25, 0.3) is 0 Å². The van der Waals surface area contributed by atoms with Crippen LogP contribution in [-0.2, 0) is 16.4 Å². The van der Waals surface area contributed by atoms with Crippen LogP contribution in [0.2, 0.25) is 0 Å². The Labute approximate surface area is 128 Å². The van der Waals surface area contributed by atoms with Gasteiger partial charge in [0.05, 0.1) is 17.1 Å². The topological polar surface area (TPSA) is 49.3 Å². The van der Waals surface area contributed by atoms with Crippen molar-refractivity contribution in [2.75, 3.05) is 6.54 Å². The molecule has 0 aliphatic heterocycles. The van der Waals surface area contributed by atoms with E-state index in [1.165, 1.54) is 12.1 Å². The van der Waals surface area contributed by atoms with E-state index < -0.39 is 29.2 Å². The number of alkyl halides is 3. The van der Waals surface area contributed by atoms with E-state index in [1.54, 1.807) is 13.8 Å². The van der Waals surface area contributed by atoms with E-state index in [-0.39, 0.29) is 18.0 Å². The van der Waals surface area contributed by atoms with Crippen molar-refractivity contribution in [3.05, 3.63) is 35.4 Å². The molecule has 3 nitrogen and oxygen atoms in total. The van der Waals surface area contributed by atoms with Gasteiger partial charge in [0.2, 0.25) is 5.91 Å². The SMILES string of the molecule is CC(C)C(O)CNC(=O)C(C)(C)c1cccc(C(F)(F)F)c1. The van der Waals surface area contributed by atoms with Crippen LogP contribution in [0.15, 0.2) is 24.3 Å². The van der Waals surface area contributed by atoms with Crippen LogP contribution in [0, 0.1) is 5.92 Å². The van der Waals surface area contributed by atoms with Crippen molar-refractivity contribution in [1.82, 2.24) is 5.32 Å². The Hall–Kier alpha value is -1.56. The first-order valence-electron chi connectivity index (χ1n) is 7.10. The number of aliphatic hydroxyl groups is 1. The molecule has 1 amide bonds. The summed E-state index contributed by atoms with van der Waals surface area (Å²) in [6.07, 6.45) is -5.14. The number of hydrogen-bond acceptors (Lipinski definition) is 2. The van der Waals surface area contributed by atoms with Gasteiger partial charge in [-0.25, -0.2) is 0 Å². The number of carbonyl (C=O) groups excluding carboxylic acids is 1. The number of hydrogen-bond donors (Lipinski definition) is 2. The van der Waals surface area contributed by atoms with Crippen molar-refractivity contribution in [3.8, 4) is 0 Å². The van der Waals surface area contributed by atoms with Crippen molar-refractivity contribution in [3.63, 3.8) is 0 Å². The first kappa shape index (κ1) is 18.5. The number of aliphatic hydroxyl groups excluding tert-OH is 1. The molecule has 2 N–H and O–H groups in total. The third-order valence-electron chi connectivity index (χ3n) is 3.72. The largest absolute Gasteiger partial charge is 0.416 e. The normalized spacial score (nSPS) is 14.0. The summed E-state index contributed by atoms with van der Waals surface area (Å²) in [5, 5.41) is 12.3. The highest BCUT2D eigenvalue weighted by Crippen LogP contribution is 2.32. The lowest BCUT2D eigenvalue weighted by atomic mass is 9.83. The molecule has 22 heavy (non-hydrogen) atoms. The smallest absolute Gasteiger partial charge is 0.391 e. The van der Waals surface area contributed by atoms with Gasteiger partial charge < -0.3 is 10.4 Å². The lowest BCUT2D eigenvalue weighted by molar-refractivity contribution is -0.138. The zero-order chi connectivity index (χ0) is 17.1. The van der Waals surface area contributed by atoms with Crippen LogP contribution in [0.5, 0.6) is 0 Å². The molecular weight excluding hydrogens is 295 g/mol. The Balaban J connectivity index is 2.91. The fourth-order valence-electron chi connectivity index (χ4n) is 1.87. The molecular formula is C16H22F3NO2. The minimum absolute atomic E-state index is 0.0167. The molecule has 0 fully saturated rings. The van der Waals surface area contributed by atoms with Gasteiger partial charge in [-0.15, -0.1) is 0 Å². The maximum absolute atomic E-state index is 12.8. The van der Waals surface area contributed by atoms with Crippen LogP contribution in [-0.4, -0.2) is 23.7 Å². The van der Waals surface area contributed by atoms with E-state index in [0.29, 0.717) is 0 Å². The third kappa shape index (κ3) is 4.47. The summed E-state index contributed by atoms with van der Waals surface area (Å²) in [5.74, 6) is -0.441. The quantitative estimate of drug-likeness (QED) is 0.876. The fraction of sp³-hybridized carbons (Fsp3) is 0.562. The summed E-state index contributed by atoms with van der Waals surface area (Å²) < 4.78 is 38.3. The van der Waals surface area contributed by atoms with Crippen LogP contribution >= 0.6 is 0 Å². The molecule has 0 spiro atoms. The number of rotatable bonds is 5. The van der Waals surface area contributed by atoms with Crippen molar-refractivity contribution < 1.29 is 23.1 Å². The number of halogens is 3. The van der Waals surface area contributed by atoms with E-state index in [4.69, 9.17) is 0 Å². The summed E-state index contributed by atoms with van der Waals surface area (Å²) in [4.78, 5) is 12.2. The Morgan fingerprint density at radius 2 is 1.77 bits per heavy atom. The highest BCUT2D eigenvalue weighted by Gasteiger charge is 2.35. The molecule has 0 aromatic heterocycles. The minimum Gasteiger partial charge on any atom is -0.391 e. The van der Waals surface area contributed by atoms with Gasteiger partial charge in [0.15, 0.2) is 0 Å². The van der Waals surface area contributed by atoms with Crippen LogP contribution in [0.4, 0.5) is 13.2 Å². The van der Waals surface area contributed by atoms with Crippen molar-refractivity contribution in [1.29, 1.82) is 0 Å². The molecule has 6 heteroatoms. The average Bonchev–Trinajstić information content (AvgIpc) is 2.43. The van der Waals surface area contributed by atoms with Crippen LogP contribution in [0.1, 0.15) is 38.8 Å². The van der Waals surface area contributed by atoms with E-state index in [9.17, 15) is 23.1 Å². The summed E-state index contributed by atoms with van der Waals surface area (Å²) in [5.41, 5.74) is -1.63. The number of amides is 1. The lowest BCUT2D eigenvalue weighted by Gasteiger charge is -2.26. The first-order valence-corrected chi connectivity index (χ1v) is 7.10. The monoisotopic (exact) mass is 317 g/mol. The predicted octanol–water partition coefficient (Wildman–Crippen LogP) is 3.12. The summed E-state index contributed by atoms with van der Waals surface area (Å²) >= 11 is 0. The molecule has 0 aliphatic rings. The molecule has 1 unspecified atom stereocenters. The molecule has 0 radical (unpaired) electrons. The second-order valence-corrected chi connectivity index (χ2v) is 6.22. The summed E-state index contributed by atoms with van der Waals surface area (Å²) in [6, 6.07) is 4.74. The molecule has 1 aromatic carbocycles. The predicted molar refractivity (Wildman–Crippen MR) is 78.3 cm³/mol. The zero-order valence-corrected chi connectivity index (χ0v) is 13.2. The molecule has 1 aromatic rings. The van der Waals surface area contributed by atoms with E-state index in [1.807, 2.05) is 13.8 Å². The standard InChI is InChI=1S/C16H22F3NO2/c1-10(2)13(21)9-20-14(22)15(3,4)11-6-5-7-12(8-11)16(17,18)19/h5-8,10,13,21H,9H2,1-4H3,(H,20,22). The number of nitrogens with one attached hydrogen (secondary N) is 1. The Morgan fingerprint density at radius 1 is 1.23 bits per heavy atom. The maximum Gasteiger partial charge on any atom is 0.416 e. The van der Waals surface area contributed by atoms with Gasteiger partial charge in [-0.3, -0.25) is 4.79 Å². The second kappa shape index (κ2) is 6.69. The van der Waals surface area contributed by atoms with Gasteiger partial charge in [-0.05, 0) is 31.4 Å². The first-order chi connectivity index (χ1) is 9.96. The van der Waals surface area contributed by atoms with E-state index in [0.717, 1.165) is 12.1 Å². The molecule has 124 valence electrons. The van der Waals surface area contributed by atoms with E-state index >= 15 is 0 Å². The van der Waals surface area contributed by atoms with Crippen LogP contribution in [0.25, 0.3) is 0 Å². The number of carbonyl (C=O) groups is 1. The molecule has 0 saturated heterocycles. The van der Waals surface area contributed by atoms with Crippen molar-refractivity contribution in [2.45, 2.75) is 45.4 Å². The maximum atomic E-state index is 12.8. The molecule has 0 saturated carbocycles. The molecule has 0 heterocycles. The van der Waals surface area contributed by atoms with E-state index in [2.05, 4.69) is 5.32 Å². The van der Waals surface area contributed by atoms with Crippen LogP contribution in [0.3, 0.4) is 0 Å². The third-order valence-corrected chi connectivity index (χ3v) is 3.72. The molecule has 0 bridgehead atoms. The molecule has 1 rings (SSSR count). The minimum atomic E-state index is -4.45. The fourth-order valence-corrected chi connectivity index (χ4v) is 1.87. The Morgan fingerprint density at radius 3 is 2.27 bits per heavy atom. The van der Waals surface area contributed by atoms with Gasteiger partial charge in [0.1, 0.15) is 0 Å². The van der Waals surface area contributed by atoms with Crippen molar-refractivity contribution >= 4 is 5.91 Å². The average molecular weight is 317 g/mol. The van der Waals surface area contributed by atoms with Gasteiger partial charge >= 0.3 is 6.18 Å². The summed E-state index contributed by atoms with van der Waals surface area (Å²) in [6.45, 7) is 6.81. The Bertz CT molecular complexity index is 524. The van der Waals surface area contributed by atoms with Gasteiger partial charge in [0, 0.05) is 6.54 Å². The molecule has 1 atom stereocenters.